The Bertz CT molecular complexity index is 233. The molecule has 0 aromatic carbocycles. The molecule has 2 bridgehead atoms. The van der Waals surface area contributed by atoms with E-state index in [1.54, 1.807) is 0 Å². The molecule has 2 N–H and O–H groups in total. The van der Waals surface area contributed by atoms with Gasteiger partial charge >= 0.3 is 0 Å². The van der Waals surface area contributed by atoms with Crippen molar-refractivity contribution in [3.63, 3.8) is 0 Å². The van der Waals surface area contributed by atoms with Gasteiger partial charge in [-0.15, -0.1) is 0 Å². The maximum atomic E-state index is 6.13. The molecule has 3 heteroatoms. The number of fused-ring (bicyclic) bond motifs is 3. The largest absolute Gasteiger partial charge is 0.329 e. The van der Waals surface area contributed by atoms with E-state index in [9.17, 15) is 0 Å². The number of hydrogen-bond acceptors (Lipinski definition) is 3. The number of nitrogens with two attached hydrogens (primary N) is 1. The quantitative estimate of drug-likeness (QED) is 0.775. The standard InChI is InChI=1S/C13H27N3/c1-11(2)8-15(3)13(9-14)10-16-6-4-12(13)5-7-16/h11-12H,4-10,14H2,1-3H3. The summed E-state index contributed by atoms with van der Waals surface area (Å²) in [7, 11) is 2.27. The first-order valence-corrected chi connectivity index (χ1v) is 6.72. The summed E-state index contributed by atoms with van der Waals surface area (Å²) in [4.78, 5) is 5.15. The zero-order valence-corrected chi connectivity index (χ0v) is 11.1. The van der Waals surface area contributed by atoms with E-state index in [0.29, 0.717) is 0 Å². The zero-order valence-electron chi connectivity index (χ0n) is 11.1. The Labute approximate surface area is 100.0 Å². The predicted octanol–water partition coefficient (Wildman–Crippen LogP) is 0.997. The Morgan fingerprint density at radius 3 is 2.38 bits per heavy atom. The minimum absolute atomic E-state index is 0.265. The Morgan fingerprint density at radius 1 is 1.38 bits per heavy atom. The van der Waals surface area contributed by atoms with Crippen LogP contribution in [0.1, 0.15) is 26.7 Å². The lowest BCUT2D eigenvalue weighted by Gasteiger charge is -2.57. The Hall–Kier alpha value is -0.120. The molecule has 0 radical (unpaired) electrons. The van der Waals surface area contributed by atoms with E-state index in [1.807, 2.05) is 0 Å². The average Bonchev–Trinajstić information content (AvgIpc) is 2.29. The summed E-state index contributed by atoms with van der Waals surface area (Å²) in [5.41, 5.74) is 6.40. The lowest BCUT2D eigenvalue weighted by molar-refractivity contribution is -0.0596. The topological polar surface area (TPSA) is 32.5 Å². The van der Waals surface area contributed by atoms with Crippen molar-refractivity contribution in [2.45, 2.75) is 32.2 Å². The fourth-order valence-corrected chi connectivity index (χ4v) is 3.69. The fraction of sp³-hybridized carbons (Fsp3) is 1.00. The molecule has 0 saturated carbocycles. The first-order valence-electron chi connectivity index (χ1n) is 6.72. The van der Waals surface area contributed by atoms with Crippen LogP contribution in [0.25, 0.3) is 0 Å². The molecule has 0 aromatic heterocycles. The summed E-state index contributed by atoms with van der Waals surface area (Å²) in [6.07, 6.45) is 2.69. The molecule has 3 rings (SSSR count). The number of piperidine rings is 3. The minimum Gasteiger partial charge on any atom is -0.329 e. The van der Waals surface area contributed by atoms with Crippen LogP contribution in [0.15, 0.2) is 0 Å². The number of likely N-dealkylation sites (N-methyl/N-ethyl adjacent to an activating group) is 1. The van der Waals surface area contributed by atoms with Gasteiger partial charge in [-0.1, -0.05) is 13.8 Å². The molecule has 94 valence electrons. The second-order valence-corrected chi connectivity index (χ2v) is 6.13. The van der Waals surface area contributed by atoms with Gasteiger partial charge < -0.3 is 10.6 Å². The number of hydrogen-bond donors (Lipinski definition) is 1. The summed E-state index contributed by atoms with van der Waals surface area (Å²) in [6, 6.07) is 0. The summed E-state index contributed by atoms with van der Waals surface area (Å²) in [6.45, 7) is 10.4. The first kappa shape index (κ1) is 12.3. The molecular formula is C13H27N3. The molecule has 1 atom stereocenters. The van der Waals surface area contributed by atoms with Crippen LogP contribution >= 0.6 is 0 Å². The molecule has 16 heavy (non-hydrogen) atoms. The van der Waals surface area contributed by atoms with Gasteiger partial charge in [0.15, 0.2) is 0 Å². The van der Waals surface area contributed by atoms with E-state index in [0.717, 1.165) is 18.4 Å². The maximum absolute atomic E-state index is 6.13. The van der Waals surface area contributed by atoms with Gasteiger partial charge in [-0.2, -0.15) is 0 Å². The van der Waals surface area contributed by atoms with Crippen molar-refractivity contribution in [1.82, 2.24) is 9.80 Å². The lowest BCUT2D eigenvalue weighted by Crippen LogP contribution is -2.69. The van der Waals surface area contributed by atoms with Crippen LogP contribution in [-0.4, -0.2) is 55.1 Å². The van der Waals surface area contributed by atoms with Gasteiger partial charge in [0.1, 0.15) is 0 Å². The lowest BCUT2D eigenvalue weighted by atomic mass is 9.71. The maximum Gasteiger partial charge on any atom is 0.0484 e. The third-order valence-corrected chi connectivity index (χ3v) is 4.60. The van der Waals surface area contributed by atoms with Crippen LogP contribution in [0.2, 0.25) is 0 Å². The highest BCUT2D eigenvalue weighted by Crippen LogP contribution is 2.38. The van der Waals surface area contributed by atoms with Gasteiger partial charge in [-0.05, 0) is 44.8 Å². The van der Waals surface area contributed by atoms with Gasteiger partial charge in [-0.3, -0.25) is 4.90 Å². The smallest absolute Gasteiger partial charge is 0.0484 e. The molecule has 3 saturated heterocycles. The van der Waals surface area contributed by atoms with Crippen LogP contribution in [0.5, 0.6) is 0 Å². The second-order valence-electron chi connectivity index (χ2n) is 6.13. The van der Waals surface area contributed by atoms with Crippen LogP contribution in [0, 0.1) is 11.8 Å². The SMILES string of the molecule is CC(C)CN(C)C1(CN)CN2CCC1CC2. The molecule has 3 heterocycles. The molecular weight excluding hydrogens is 198 g/mol. The minimum atomic E-state index is 0.265. The Balaban J connectivity index is 2.12. The van der Waals surface area contributed by atoms with Gasteiger partial charge in [0.25, 0.3) is 0 Å². The molecule has 3 nitrogen and oxygen atoms in total. The highest BCUT2D eigenvalue weighted by Gasteiger charge is 2.48. The van der Waals surface area contributed by atoms with E-state index in [1.165, 1.54) is 39.0 Å². The van der Waals surface area contributed by atoms with Crippen molar-refractivity contribution in [2.24, 2.45) is 17.6 Å². The van der Waals surface area contributed by atoms with E-state index < -0.39 is 0 Å². The van der Waals surface area contributed by atoms with Crippen molar-refractivity contribution in [1.29, 1.82) is 0 Å². The zero-order chi connectivity index (χ0) is 11.8. The van der Waals surface area contributed by atoms with Crippen molar-refractivity contribution in [2.75, 3.05) is 39.8 Å². The van der Waals surface area contributed by atoms with Crippen molar-refractivity contribution >= 4 is 0 Å². The molecule has 3 aliphatic rings. The van der Waals surface area contributed by atoms with E-state index in [-0.39, 0.29) is 5.54 Å². The highest BCUT2D eigenvalue weighted by atomic mass is 15.3. The second kappa shape index (κ2) is 4.63. The molecule has 0 amide bonds. The van der Waals surface area contributed by atoms with Crippen LogP contribution < -0.4 is 5.73 Å². The predicted molar refractivity (Wildman–Crippen MR) is 68.4 cm³/mol. The van der Waals surface area contributed by atoms with E-state index in [4.69, 9.17) is 5.73 Å². The summed E-state index contributed by atoms with van der Waals surface area (Å²) < 4.78 is 0. The van der Waals surface area contributed by atoms with Crippen LogP contribution in [0.4, 0.5) is 0 Å². The highest BCUT2D eigenvalue weighted by molar-refractivity contribution is 5.05. The third kappa shape index (κ3) is 2.01. The average molecular weight is 225 g/mol. The van der Waals surface area contributed by atoms with Crippen LogP contribution in [0.3, 0.4) is 0 Å². The Kier molecular flexibility index (Phi) is 3.57. The van der Waals surface area contributed by atoms with Gasteiger partial charge in [0.2, 0.25) is 0 Å². The van der Waals surface area contributed by atoms with Gasteiger partial charge in [0, 0.05) is 25.2 Å². The first-order chi connectivity index (χ1) is 7.58. The summed E-state index contributed by atoms with van der Waals surface area (Å²) >= 11 is 0. The van der Waals surface area contributed by atoms with Crippen molar-refractivity contribution < 1.29 is 0 Å². The van der Waals surface area contributed by atoms with E-state index >= 15 is 0 Å². The van der Waals surface area contributed by atoms with Crippen molar-refractivity contribution in [3.8, 4) is 0 Å². The molecule has 3 aliphatic heterocycles. The molecule has 0 aromatic rings. The number of nitrogens with zero attached hydrogens (tertiary/aromatic N) is 2. The van der Waals surface area contributed by atoms with Gasteiger partial charge in [0.05, 0.1) is 0 Å². The third-order valence-electron chi connectivity index (χ3n) is 4.60. The monoisotopic (exact) mass is 225 g/mol. The summed E-state index contributed by atoms with van der Waals surface area (Å²) in [5, 5.41) is 0. The normalized spacial score (nSPS) is 38.6. The summed E-state index contributed by atoms with van der Waals surface area (Å²) in [5.74, 6) is 1.55. The molecule has 1 unspecified atom stereocenters. The van der Waals surface area contributed by atoms with Crippen LogP contribution in [-0.2, 0) is 0 Å². The van der Waals surface area contributed by atoms with E-state index in [2.05, 4.69) is 30.7 Å². The number of rotatable bonds is 4. The van der Waals surface area contributed by atoms with Crippen molar-refractivity contribution in [3.05, 3.63) is 0 Å². The Morgan fingerprint density at radius 2 is 2.00 bits per heavy atom. The molecule has 3 fully saturated rings. The molecule has 0 spiro atoms. The fourth-order valence-electron chi connectivity index (χ4n) is 3.69. The molecule has 0 aliphatic carbocycles. The van der Waals surface area contributed by atoms with Gasteiger partial charge in [-0.25, -0.2) is 0 Å².